The topological polar surface area (TPSA) is 11.3 Å². The van der Waals surface area contributed by atoms with Gasteiger partial charge in [-0.15, -0.1) is 0 Å². The molecule has 0 unspecified atom stereocenters. The molecule has 0 N–H and O–H groups in total. The lowest BCUT2D eigenvalue weighted by Crippen LogP contribution is -1.86. The molecule has 0 amide bonds. The summed E-state index contributed by atoms with van der Waals surface area (Å²) in [6.07, 6.45) is 0. The summed E-state index contributed by atoms with van der Waals surface area (Å²) in [7, 11) is 0. The van der Waals surface area contributed by atoms with Crippen LogP contribution >= 0.6 is 0 Å². The molecule has 1 nitrogen and oxygen atoms in total. The molecular formula is C27H19O+. The first-order valence-corrected chi connectivity index (χ1v) is 9.45. The molecule has 0 radical (unpaired) electrons. The predicted molar refractivity (Wildman–Crippen MR) is 117 cm³/mol. The second-order valence-electron chi connectivity index (χ2n) is 6.87. The van der Waals surface area contributed by atoms with E-state index in [2.05, 4.69) is 78.9 Å². The minimum absolute atomic E-state index is 0.866. The first kappa shape index (κ1) is 16.5. The van der Waals surface area contributed by atoms with E-state index in [1.807, 2.05) is 36.4 Å². The van der Waals surface area contributed by atoms with Crippen LogP contribution in [0.5, 0.6) is 0 Å². The van der Waals surface area contributed by atoms with E-state index >= 15 is 0 Å². The number of rotatable bonds is 3. The van der Waals surface area contributed by atoms with Crippen LogP contribution < -0.4 is 0 Å². The van der Waals surface area contributed by atoms with Crippen LogP contribution in [0.25, 0.3) is 44.5 Å². The molecule has 1 heterocycles. The number of fused-ring (bicyclic) bond motifs is 1. The van der Waals surface area contributed by atoms with Crippen molar-refractivity contribution in [3.8, 4) is 33.8 Å². The van der Waals surface area contributed by atoms with Gasteiger partial charge < -0.3 is 0 Å². The molecule has 0 atom stereocenters. The standard InChI is InChI=1S/C27H19O/c1-3-10-21(11-4-1)26-18-25(19-27(28-26)22-12-5-2-6-13-22)24-16-15-20-9-7-8-14-23(20)17-24/h1-19H/q+1. The molecular weight excluding hydrogens is 340 g/mol. The van der Waals surface area contributed by atoms with Crippen molar-refractivity contribution in [2.24, 2.45) is 0 Å². The summed E-state index contributed by atoms with van der Waals surface area (Å²) in [6.45, 7) is 0. The Morgan fingerprint density at radius 3 is 1.50 bits per heavy atom. The van der Waals surface area contributed by atoms with E-state index in [-0.39, 0.29) is 0 Å². The van der Waals surface area contributed by atoms with Gasteiger partial charge in [0.25, 0.3) is 0 Å². The van der Waals surface area contributed by atoms with Crippen molar-refractivity contribution in [1.29, 1.82) is 0 Å². The van der Waals surface area contributed by atoms with E-state index < -0.39 is 0 Å². The van der Waals surface area contributed by atoms with E-state index in [1.54, 1.807) is 0 Å². The minimum Gasteiger partial charge on any atom is -0.207 e. The van der Waals surface area contributed by atoms with Crippen LogP contribution in [0.1, 0.15) is 0 Å². The second-order valence-corrected chi connectivity index (χ2v) is 6.87. The highest BCUT2D eigenvalue weighted by molar-refractivity contribution is 5.88. The predicted octanol–water partition coefficient (Wildman–Crippen LogP) is 7.71. The molecule has 0 saturated heterocycles. The molecule has 28 heavy (non-hydrogen) atoms. The van der Waals surface area contributed by atoms with Crippen molar-refractivity contribution in [3.63, 3.8) is 0 Å². The van der Waals surface area contributed by atoms with Crippen LogP contribution in [0.4, 0.5) is 0 Å². The highest BCUT2D eigenvalue weighted by atomic mass is 16.3. The Hall–Kier alpha value is -3.71. The van der Waals surface area contributed by atoms with E-state index in [0.717, 1.165) is 28.2 Å². The summed E-state index contributed by atoms with van der Waals surface area (Å²) in [5.41, 5.74) is 4.48. The number of hydrogen-bond donors (Lipinski definition) is 0. The summed E-state index contributed by atoms with van der Waals surface area (Å²) in [5.74, 6) is 1.73. The van der Waals surface area contributed by atoms with Gasteiger partial charge in [0.1, 0.15) is 0 Å². The lowest BCUT2D eigenvalue weighted by molar-refractivity contribution is 0.582. The monoisotopic (exact) mass is 359 g/mol. The van der Waals surface area contributed by atoms with Crippen LogP contribution in [0.3, 0.4) is 0 Å². The Labute approximate surface area is 164 Å². The summed E-state index contributed by atoms with van der Waals surface area (Å²) < 4.78 is 6.30. The zero-order valence-electron chi connectivity index (χ0n) is 15.4. The van der Waals surface area contributed by atoms with Crippen molar-refractivity contribution in [3.05, 3.63) is 115 Å². The fourth-order valence-corrected chi connectivity index (χ4v) is 3.53. The fourth-order valence-electron chi connectivity index (χ4n) is 3.53. The average Bonchev–Trinajstić information content (AvgIpc) is 2.79. The quantitative estimate of drug-likeness (QED) is 0.300. The van der Waals surface area contributed by atoms with Gasteiger partial charge in [-0.05, 0) is 46.7 Å². The van der Waals surface area contributed by atoms with Gasteiger partial charge >= 0.3 is 11.5 Å². The van der Waals surface area contributed by atoms with Gasteiger partial charge in [-0.2, -0.15) is 0 Å². The van der Waals surface area contributed by atoms with Gasteiger partial charge in [0.2, 0.25) is 0 Å². The smallest absolute Gasteiger partial charge is 0.207 e. The molecule has 0 aliphatic carbocycles. The lowest BCUT2D eigenvalue weighted by Gasteiger charge is -2.04. The molecule has 0 spiro atoms. The summed E-state index contributed by atoms with van der Waals surface area (Å²) in [6, 6.07) is 39.8. The Kier molecular flexibility index (Phi) is 4.19. The third-order valence-corrected chi connectivity index (χ3v) is 4.99. The molecule has 0 saturated carbocycles. The normalized spacial score (nSPS) is 10.9. The van der Waals surface area contributed by atoms with Crippen LogP contribution in [-0.2, 0) is 0 Å². The van der Waals surface area contributed by atoms with E-state index in [4.69, 9.17) is 4.42 Å². The molecule has 5 aromatic rings. The Morgan fingerprint density at radius 2 is 0.893 bits per heavy atom. The largest absolute Gasteiger partial charge is 0.361 e. The first-order valence-electron chi connectivity index (χ1n) is 9.45. The number of benzene rings is 4. The average molecular weight is 359 g/mol. The molecule has 5 rings (SSSR count). The highest BCUT2D eigenvalue weighted by Crippen LogP contribution is 2.33. The molecule has 0 fully saturated rings. The molecule has 4 aromatic carbocycles. The van der Waals surface area contributed by atoms with Gasteiger partial charge in [0.05, 0.1) is 23.3 Å². The van der Waals surface area contributed by atoms with Crippen LogP contribution in [0.2, 0.25) is 0 Å². The summed E-state index contributed by atoms with van der Waals surface area (Å²) >= 11 is 0. The Bertz CT molecular complexity index is 1180. The maximum atomic E-state index is 6.30. The third kappa shape index (κ3) is 3.19. The molecule has 1 aromatic heterocycles. The van der Waals surface area contributed by atoms with Crippen molar-refractivity contribution >= 4 is 10.8 Å². The molecule has 0 aliphatic heterocycles. The van der Waals surface area contributed by atoms with E-state index in [1.165, 1.54) is 16.3 Å². The van der Waals surface area contributed by atoms with E-state index in [0.29, 0.717) is 0 Å². The first-order chi connectivity index (χ1) is 13.9. The van der Waals surface area contributed by atoms with Gasteiger partial charge in [-0.25, -0.2) is 4.42 Å². The lowest BCUT2D eigenvalue weighted by atomic mass is 9.99. The van der Waals surface area contributed by atoms with Crippen molar-refractivity contribution in [1.82, 2.24) is 0 Å². The molecule has 0 aliphatic rings. The summed E-state index contributed by atoms with van der Waals surface area (Å²) in [4.78, 5) is 0. The Morgan fingerprint density at radius 1 is 0.357 bits per heavy atom. The maximum Gasteiger partial charge on any atom is 0.361 e. The zero-order valence-corrected chi connectivity index (χ0v) is 15.4. The van der Waals surface area contributed by atoms with Crippen molar-refractivity contribution in [2.45, 2.75) is 0 Å². The molecule has 132 valence electrons. The highest BCUT2D eigenvalue weighted by Gasteiger charge is 2.20. The second kappa shape index (κ2) is 7.13. The number of hydrogen-bond acceptors (Lipinski definition) is 0. The van der Waals surface area contributed by atoms with Crippen LogP contribution in [-0.4, -0.2) is 0 Å². The molecule has 1 heteroatoms. The van der Waals surface area contributed by atoms with Gasteiger partial charge in [0, 0.05) is 5.56 Å². The van der Waals surface area contributed by atoms with Gasteiger partial charge in [-0.1, -0.05) is 72.8 Å². The Balaban J connectivity index is 1.72. The fraction of sp³-hybridized carbons (Fsp3) is 0. The SMILES string of the molecule is c1ccc(-c2cc(-c3ccc4ccccc4c3)cc(-c3ccccc3)[o+]2)cc1. The van der Waals surface area contributed by atoms with Gasteiger partial charge in [-0.3, -0.25) is 0 Å². The van der Waals surface area contributed by atoms with Crippen LogP contribution in [0, 0.1) is 0 Å². The summed E-state index contributed by atoms with van der Waals surface area (Å²) in [5, 5.41) is 2.49. The van der Waals surface area contributed by atoms with Crippen molar-refractivity contribution < 1.29 is 4.42 Å². The zero-order chi connectivity index (χ0) is 18.8. The molecule has 0 bridgehead atoms. The third-order valence-electron chi connectivity index (χ3n) is 4.99. The van der Waals surface area contributed by atoms with Crippen molar-refractivity contribution in [2.75, 3.05) is 0 Å². The minimum atomic E-state index is 0.866. The van der Waals surface area contributed by atoms with Gasteiger partial charge in [0.15, 0.2) is 0 Å². The maximum absolute atomic E-state index is 6.30. The van der Waals surface area contributed by atoms with Crippen LogP contribution in [0.15, 0.2) is 120 Å². The van der Waals surface area contributed by atoms with E-state index in [9.17, 15) is 0 Å².